The second-order valence-electron chi connectivity index (χ2n) is 8.86. The molecule has 0 atom stereocenters. The molecule has 30 heavy (non-hydrogen) atoms. The van der Waals surface area contributed by atoms with Gasteiger partial charge in [0, 0.05) is 10.2 Å². The van der Waals surface area contributed by atoms with Gasteiger partial charge in [-0.3, -0.25) is 4.57 Å². The molecule has 0 N–H and O–H groups in total. The third-order valence-corrected chi connectivity index (χ3v) is 6.44. The summed E-state index contributed by atoms with van der Waals surface area (Å²) in [4.78, 5) is 4.67. The van der Waals surface area contributed by atoms with E-state index in [1.807, 2.05) is 6.33 Å². The molecule has 0 bridgehead atoms. The molecule has 0 aliphatic carbocycles. The number of nitrogens with zero attached hydrogens (tertiary/aromatic N) is 2. The van der Waals surface area contributed by atoms with Crippen molar-refractivity contribution in [1.29, 1.82) is 0 Å². The fraction of sp³-hybridized carbons (Fsp3) is 0.296. The first-order valence-electron chi connectivity index (χ1n) is 10.6. The van der Waals surface area contributed by atoms with Crippen LogP contribution in [-0.2, 0) is 0 Å². The first-order valence-corrected chi connectivity index (χ1v) is 11.4. The Bertz CT molecular complexity index is 1210. The fourth-order valence-electron chi connectivity index (χ4n) is 4.21. The molecule has 1 heterocycles. The average molecular weight is 461 g/mol. The monoisotopic (exact) mass is 460 g/mol. The van der Waals surface area contributed by atoms with Gasteiger partial charge in [0.2, 0.25) is 0 Å². The van der Waals surface area contributed by atoms with Crippen LogP contribution in [0.4, 0.5) is 0 Å². The first-order chi connectivity index (χ1) is 14.3. The van der Waals surface area contributed by atoms with Crippen LogP contribution in [0.3, 0.4) is 0 Å². The summed E-state index contributed by atoms with van der Waals surface area (Å²) in [5, 5.41) is 0. The maximum Gasteiger partial charge on any atom is 0.100 e. The van der Waals surface area contributed by atoms with E-state index >= 15 is 0 Å². The van der Waals surface area contributed by atoms with Crippen LogP contribution in [0.2, 0.25) is 0 Å². The minimum atomic E-state index is 0.459. The molecule has 4 aromatic rings. The minimum Gasteiger partial charge on any atom is -0.299 e. The molecular formula is C27H29BrN2. The van der Waals surface area contributed by atoms with Crippen molar-refractivity contribution >= 4 is 27.0 Å². The molecule has 0 amide bonds. The number of hydrogen-bond donors (Lipinski definition) is 0. The molecule has 154 valence electrons. The normalized spacial score (nSPS) is 11.8. The second-order valence-corrected chi connectivity index (χ2v) is 9.77. The third-order valence-electron chi connectivity index (χ3n) is 5.99. The van der Waals surface area contributed by atoms with Gasteiger partial charge in [0.15, 0.2) is 0 Å². The van der Waals surface area contributed by atoms with Crippen LogP contribution in [0.1, 0.15) is 61.8 Å². The predicted octanol–water partition coefficient (Wildman–Crippen LogP) is 8.32. The van der Waals surface area contributed by atoms with Crippen molar-refractivity contribution in [3.8, 4) is 16.8 Å². The Morgan fingerprint density at radius 2 is 1.47 bits per heavy atom. The van der Waals surface area contributed by atoms with E-state index < -0.39 is 0 Å². The minimum absolute atomic E-state index is 0.459. The molecule has 2 nitrogen and oxygen atoms in total. The number of benzene rings is 3. The summed E-state index contributed by atoms with van der Waals surface area (Å²) in [7, 11) is 0. The van der Waals surface area contributed by atoms with Crippen LogP contribution in [0.5, 0.6) is 0 Å². The van der Waals surface area contributed by atoms with Crippen LogP contribution >= 0.6 is 15.9 Å². The maximum absolute atomic E-state index is 4.67. The van der Waals surface area contributed by atoms with Crippen molar-refractivity contribution in [1.82, 2.24) is 9.55 Å². The largest absolute Gasteiger partial charge is 0.299 e. The van der Waals surface area contributed by atoms with Crippen molar-refractivity contribution in [3.63, 3.8) is 0 Å². The van der Waals surface area contributed by atoms with Crippen molar-refractivity contribution in [2.45, 2.75) is 53.4 Å². The molecule has 0 aliphatic heterocycles. The summed E-state index contributed by atoms with van der Waals surface area (Å²) in [5.41, 5.74) is 11.3. The SMILES string of the molecule is Cc1cc2ncn(-c3cc(Br)cc(-c4c(C(C)C)cccc4C(C)C)c3)c2cc1C. The molecule has 3 aromatic carbocycles. The van der Waals surface area contributed by atoms with E-state index in [1.165, 1.54) is 33.4 Å². The lowest BCUT2D eigenvalue weighted by molar-refractivity contribution is 0.838. The number of rotatable bonds is 4. The predicted molar refractivity (Wildman–Crippen MR) is 132 cm³/mol. The lowest BCUT2D eigenvalue weighted by Crippen LogP contribution is -2.01. The van der Waals surface area contributed by atoms with E-state index in [0.717, 1.165) is 21.2 Å². The van der Waals surface area contributed by atoms with Crippen LogP contribution < -0.4 is 0 Å². The van der Waals surface area contributed by atoms with Gasteiger partial charge in [-0.2, -0.15) is 0 Å². The van der Waals surface area contributed by atoms with Crippen molar-refractivity contribution in [3.05, 3.63) is 81.6 Å². The quantitative estimate of drug-likeness (QED) is 0.299. The molecule has 0 unspecified atom stereocenters. The fourth-order valence-corrected chi connectivity index (χ4v) is 4.69. The lowest BCUT2D eigenvalue weighted by Gasteiger charge is -2.21. The van der Waals surface area contributed by atoms with Crippen LogP contribution in [0.15, 0.2) is 59.3 Å². The maximum atomic E-state index is 4.67. The summed E-state index contributed by atoms with van der Waals surface area (Å²) >= 11 is 3.78. The summed E-state index contributed by atoms with van der Waals surface area (Å²) in [6.07, 6.45) is 1.94. The van der Waals surface area contributed by atoms with Gasteiger partial charge in [-0.1, -0.05) is 61.8 Å². The van der Waals surface area contributed by atoms with Crippen LogP contribution in [0.25, 0.3) is 27.8 Å². The van der Waals surface area contributed by atoms with Crippen LogP contribution in [0, 0.1) is 13.8 Å². The zero-order valence-corrected chi connectivity index (χ0v) is 20.2. The van der Waals surface area contributed by atoms with E-state index in [2.05, 4.69) is 116 Å². The molecule has 0 aliphatic rings. The van der Waals surface area contributed by atoms with Gasteiger partial charge in [-0.05, 0) is 89.4 Å². The standard InChI is InChI=1S/C27H29BrN2/c1-16(2)23-8-7-9-24(17(3)4)27(23)20-12-21(28)14-22(13-20)30-15-29-25-10-18(5)19(6)11-26(25)30/h7-17H,1-6H3. The van der Waals surface area contributed by atoms with E-state index in [0.29, 0.717) is 11.8 Å². The van der Waals surface area contributed by atoms with E-state index in [1.54, 1.807) is 0 Å². The Labute approximate surface area is 188 Å². The molecule has 0 radical (unpaired) electrons. The van der Waals surface area contributed by atoms with Crippen molar-refractivity contribution in [2.75, 3.05) is 0 Å². The highest BCUT2D eigenvalue weighted by Crippen LogP contribution is 2.38. The molecule has 0 saturated carbocycles. The second kappa shape index (κ2) is 8.03. The van der Waals surface area contributed by atoms with Gasteiger partial charge in [-0.15, -0.1) is 0 Å². The molecule has 4 rings (SSSR count). The van der Waals surface area contributed by atoms with Crippen molar-refractivity contribution in [2.24, 2.45) is 0 Å². The van der Waals surface area contributed by atoms with E-state index in [4.69, 9.17) is 0 Å². The van der Waals surface area contributed by atoms with Gasteiger partial charge in [-0.25, -0.2) is 4.98 Å². The van der Waals surface area contributed by atoms with Gasteiger partial charge in [0.25, 0.3) is 0 Å². The topological polar surface area (TPSA) is 17.8 Å². The molecular weight excluding hydrogens is 432 g/mol. The highest BCUT2D eigenvalue weighted by molar-refractivity contribution is 9.10. The number of fused-ring (bicyclic) bond motifs is 1. The number of imidazole rings is 1. The smallest absolute Gasteiger partial charge is 0.100 e. The number of halogens is 1. The Hall–Kier alpha value is -2.39. The Kier molecular flexibility index (Phi) is 5.59. The van der Waals surface area contributed by atoms with E-state index in [-0.39, 0.29) is 0 Å². The highest BCUT2D eigenvalue weighted by atomic mass is 79.9. The van der Waals surface area contributed by atoms with Crippen molar-refractivity contribution < 1.29 is 0 Å². The Morgan fingerprint density at radius 3 is 2.10 bits per heavy atom. The van der Waals surface area contributed by atoms with Gasteiger partial charge in [0.05, 0.1) is 11.0 Å². The van der Waals surface area contributed by atoms with Gasteiger partial charge in [0.1, 0.15) is 6.33 Å². The first kappa shape index (κ1) is 20.9. The number of hydrogen-bond acceptors (Lipinski definition) is 1. The van der Waals surface area contributed by atoms with E-state index in [9.17, 15) is 0 Å². The molecule has 3 heteroatoms. The zero-order valence-electron chi connectivity index (χ0n) is 18.6. The average Bonchev–Trinajstić information content (AvgIpc) is 3.09. The zero-order chi connectivity index (χ0) is 21.6. The molecule has 0 fully saturated rings. The lowest BCUT2D eigenvalue weighted by atomic mass is 9.85. The molecule has 0 spiro atoms. The summed E-state index contributed by atoms with van der Waals surface area (Å²) in [6, 6.07) is 17.9. The molecule has 1 aromatic heterocycles. The summed E-state index contributed by atoms with van der Waals surface area (Å²) < 4.78 is 3.28. The molecule has 0 saturated heterocycles. The summed E-state index contributed by atoms with van der Waals surface area (Å²) in [6.45, 7) is 13.4. The Balaban J connectivity index is 1.97. The summed E-state index contributed by atoms with van der Waals surface area (Å²) in [5.74, 6) is 0.918. The third kappa shape index (κ3) is 3.72. The van der Waals surface area contributed by atoms with Gasteiger partial charge >= 0.3 is 0 Å². The number of aromatic nitrogens is 2. The Morgan fingerprint density at radius 1 is 0.833 bits per heavy atom. The van der Waals surface area contributed by atoms with Gasteiger partial charge < -0.3 is 0 Å². The van der Waals surface area contributed by atoms with Crippen LogP contribution in [-0.4, -0.2) is 9.55 Å². The highest BCUT2D eigenvalue weighted by Gasteiger charge is 2.17. The number of aryl methyl sites for hydroxylation is 2.